The van der Waals surface area contributed by atoms with E-state index in [1.54, 1.807) is 11.5 Å². The SMILES string of the molecule is CC(=O)[C@@H]1[C@@H]2c3ccccc3O[C@]1(C)N=c1s/c(=C/c3c(C)nn(-c4ccccc4)c3C)c(=O)n12. The van der Waals surface area contributed by atoms with E-state index in [1.807, 2.05) is 86.1 Å². The zero-order valence-electron chi connectivity index (χ0n) is 19.9. The number of hydrogen-bond donors (Lipinski definition) is 0. The average molecular weight is 485 g/mol. The molecular weight excluding hydrogens is 460 g/mol. The summed E-state index contributed by atoms with van der Waals surface area (Å²) >= 11 is 1.32. The standard InChI is InChI=1S/C27H24N4O3S/c1-15-20(16(2)31(29-15)18-10-6-5-7-11-18)14-22-25(33)30-24-19-12-8-9-13-21(19)34-27(4,23(24)17(3)32)28-26(30)35-22/h5-14,23-24H,1-4H3/b22-14+/t23-,24+,27+/m1/s1. The molecule has 0 amide bonds. The fourth-order valence-electron chi connectivity index (χ4n) is 5.37. The third-order valence-electron chi connectivity index (χ3n) is 6.94. The summed E-state index contributed by atoms with van der Waals surface area (Å²) in [5.41, 5.74) is 3.25. The van der Waals surface area contributed by atoms with Crippen LogP contribution in [0.5, 0.6) is 5.75 Å². The molecule has 2 aliphatic heterocycles. The minimum Gasteiger partial charge on any atom is -0.465 e. The van der Waals surface area contributed by atoms with Gasteiger partial charge >= 0.3 is 0 Å². The van der Waals surface area contributed by atoms with Crippen LogP contribution in [0.15, 0.2) is 64.4 Å². The Bertz CT molecular complexity index is 1680. The number of Topliss-reactive ketones (excluding diaryl/α,β-unsaturated/α-hetero) is 1. The van der Waals surface area contributed by atoms with E-state index in [0.717, 1.165) is 28.2 Å². The molecule has 4 heterocycles. The van der Waals surface area contributed by atoms with Crippen LogP contribution >= 0.6 is 11.3 Å². The van der Waals surface area contributed by atoms with Crippen LogP contribution in [0.3, 0.4) is 0 Å². The predicted octanol–water partition coefficient (Wildman–Crippen LogP) is 3.08. The zero-order valence-corrected chi connectivity index (χ0v) is 20.7. The summed E-state index contributed by atoms with van der Waals surface area (Å²) in [6.07, 6.45) is 1.90. The van der Waals surface area contributed by atoms with Gasteiger partial charge in [-0.3, -0.25) is 14.2 Å². The minimum atomic E-state index is -1.07. The molecule has 0 aliphatic carbocycles. The number of ketones is 1. The first kappa shape index (κ1) is 21.7. The fourth-order valence-corrected chi connectivity index (χ4v) is 6.45. The molecule has 0 saturated carbocycles. The Morgan fingerprint density at radius 1 is 1.11 bits per heavy atom. The number of para-hydroxylation sites is 2. The Kier molecular flexibility index (Phi) is 4.73. The van der Waals surface area contributed by atoms with Gasteiger partial charge in [-0.05, 0) is 52.0 Å². The first-order valence-corrected chi connectivity index (χ1v) is 12.3. The molecular formula is C27H24N4O3S. The van der Waals surface area contributed by atoms with Gasteiger partial charge in [-0.1, -0.05) is 47.7 Å². The Balaban J connectivity index is 1.58. The van der Waals surface area contributed by atoms with Crippen molar-refractivity contribution in [3.8, 4) is 11.4 Å². The topological polar surface area (TPSA) is 78.5 Å². The molecule has 0 N–H and O–H groups in total. The van der Waals surface area contributed by atoms with Crippen molar-refractivity contribution >= 4 is 23.2 Å². The van der Waals surface area contributed by atoms with Crippen molar-refractivity contribution in [2.75, 3.05) is 0 Å². The average Bonchev–Trinajstić information content (AvgIpc) is 3.28. The second-order valence-corrected chi connectivity index (χ2v) is 10.2. The highest BCUT2D eigenvalue weighted by molar-refractivity contribution is 7.07. The first-order valence-electron chi connectivity index (χ1n) is 11.5. The lowest BCUT2D eigenvalue weighted by Crippen LogP contribution is -2.58. The summed E-state index contributed by atoms with van der Waals surface area (Å²) in [5, 5.41) is 4.71. The smallest absolute Gasteiger partial charge is 0.270 e. The third-order valence-corrected chi connectivity index (χ3v) is 7.92. The van der Waals surface area contributed by atoms with Crippen molar-refractivity contribution in [2.45, 2.75) is 39.5 Å². The van der Waals surface area contributed by atoms with Crippen LogP contribution in [-0.4, -0.2) is 25.9 Å². The maximum absolute atomic E-state index is 13.8. The minimum absolute atomic E-state index is 0.0548. The number of hydrogen-bond acceptors (Lipinski definition) is 6. The Morgan fingerprint density at radius 3 is 2.57 bits per heavy atom. The van der Waals surface area contributed by atoms with Crippen LogP contribution in [0.25, 0.3) is 11.8 Å². The van der Waals surface area contributed by atoms with Crippen molar-refractivity contribution in [2.24, 2.45) is 10.9 Å². The second kappa shape index (κ2) is 7.61. The first-order chi connectivity index (χ1) is 16.8. The van der Waals surface area contributed by atoms with Gasteiger partial charge in [-0.25, -0.2) is 9.67 Å². The van der Waals surface area contributed by atoms with Gasteiger partial charge < -0.3 is 4.74 Å². The molecule has 3 atom stereocenters. The van der Waals surface area contributed by atoms with E-state index in [2.05, 4.69) is 0 Å². The van der Waals surface area contributed by atoms with E-state index in [0.29, 0.717) is 15.1 Å². The molecule has 0 spiro atoms. The number of thiazole rings is 1. The maximum Gasteiger partial charge on any atom is 0.270 e. The molecule has 2 aliphatic rings. The monoisotopic (exact) mass is 484 g/mol. The highest BCUT2D eigenvalue weighted by Crippen LogP contribution is 2.47. The van der Waals surface area contributed by atoms with Crippen molar-refractivity contribution in [3.05, 3.63) is 96.8 Å². The van der Waals surface area contributed by atoms with E-state index >= 15 is 0 Å². The van der Waals surface area contributed by atoms with E-state index in [4.69, 9.17) is 14.8 Å². The van der Waals surface area contributed by atoms with Gasteiger partial charge in [0.2, 0.25) is 5.72 Å². The molecule has 2 bridgehead atoms. The van der Waals surface area contributed by atoms with E-state index < -0.39 is 17.7 Å². The highest BCUT2D eigenvalue weighted by Gasteiger charge is 2.53. The molecule has 0 unspecified atom stereocenters. The number of benzene rings is 2. The van der Waals surface area contributed by atoms with Crippen molar-refractivity contribution < 1.29 is 9.53 Å². The number of carbonyl (C=O) groups excluding carboxylic acids is 1. The molecule has 7 nitrogen and oxygen atoms in total. The lowest BCUT2D eigenvalue weighted by molar-refractivity contribution is -0.132. The number of aryl methyl sites for hydroxylation is 1. The Labute approximate surface area is 205 Å². The van der Waals surface area contributed by atoms with Gasteiger partial charge in [0.25, 0.3) is 5.56 Å². The van der Waals surface area contributed by atoms with Crippen LogP contribution in [0, 0.1) is 19.8 Å². The number of ether oxygens (including phenoxy) is 1. The summed E-state index contributed by atoms with van der Waals surface area (Å²) in [6, 6.07) is 17.0. The van der Waals surface area contributed by atoms with Gasteiger partial charge in [0.15, 0.2) is 4.80 Å². The van der Waals surface area contributed by atoms with Crippen LogP contribution < -0.4 is 19.6 Å². The summed E-state index contributed by atoms with van der Waals surface area (Å²) in [6.45, 7) is 7.32. The second-order valence-electron chi connectivity index (χ2n) is 9.24. The molecule has 6 rings (SSSR count). The summed E-state index contributed by atoms with van der Waals surface area (Å²) < 4.78 is 10.4. The van der Waals surface area contributed by atoms with Crippen molar-refractivity contribution in [3.63, 3.8) is 0 Å². The van der Waals surface area contributed by atoms with Crippen LogP contribution in [-0.2, 0) is 4.79 Å². The molecule has 35 heavy (non-hydrogen) atoms. The lowest BCUT2D eigenvalue weighted by atomic mass is 9.79. The van der Waals surface area contributed by atoms with Gasteiger partial charge in [-0.15, -0.1) is 0 Å². The predicted molar refractivity (Wildman–Crippen MR) is 134 cm³/mol. The molecule has 176 valence electrons. The number of aromatic nitrogens is 3. The van der Waals surface area contributed by atoms with Crippen LogP contribution in [0.4, 0.5) is 0 Å². The normalized spacial score (nSPS) is 22.7. The molecule has 2 aromatic carbocycles. The van der Waals surface area contributed by atoms with Crippen molar-refractivity contribution in [1.82, 2.24) is 14.3 Å². The number of nitrogens with zero attached hydrogens (tertiary/aromatic N) is 4. The van der Waals surface area contributed by atoms with Crippen LogP contribution in [0.1, 0.15) is 42.4 Å². The Hall–Kier alpha value is -3.78. The molecule has 0 radical (unpaired) electrons. The molecule has 4 aromatic rings. The Morgan fingerprint density at radius 2 is 1.83 bits per heavy atom. The van der Waals surface area contributed by atoms with E-state index in [1.165, 1.54) is 11.3 Å². The van der Waals surface area contributed by atoms with Crippen molar-refractivity contribution in [1.29, 1.82) is 0 Å². The number of carbonyl (C=O) groups is 1. The quantitative estimate of drug-likeness (QED) is 0.448. The molecule has 8 heteroatoms. The van der Waals surface area contributed by atoms with Gasteiger partial charge in [0.1, 0.15) is 17.5 Å². The maximum atomic E-state index is 13.8. The van der Waals surface area contributed by atoms with Gasteiger partial charge in [0, 0.05) is 16.8 Å². The lowest BCUT2D eigenvalue weighted by Gasteiger charge is -2.45. The molecule has 2 aromatic heterocycles. The summed E-state index contributed by atoms with van der Waals surface area (Å²) in [7, 11) is 0. The van der Waals surface area contributed by atoms with E-state index in [9.17, 15) is 9.59 Å². The summed E-state index contributed by atoms with van der Waals surface area (Å²) in [5.74, 6) is 0.0153. The summed E-state index contributed by atoms with van der Waals surface area (Å²) in [4.78, 5) is 32.0. The fraction of sp³-hybridized carbons (Fsp3) is 0.259. The number of fused-ring (bicyclic) bond motifs is 6. The van der Waals surface area contributed by atoms with Gasteiger partial charge in [0.05, 0.1) is 22.0 Å². The highest BCUT2D eigenvalue weighted by atomic mass is 32.1. The van der Waals surface area contributed by atoms with Crippen LogP contribution in [0.2, 0.25) is 0 Å². The zero-order chi connectivity index (χ0) is 24.5. The van der Waals surface area contributed by atoms with Gasteiger partial charge in [-0.2, -0.15) is 5.10 Å². The van der Waals surface area contributed by atoms with E-state index in [-0.39, 0.29) is 11.3 Å². The molecule has 0 saturated heterocycles. The largest absolute Gasteiger partial charge is 0.465 e. The molecule has 0 fully saturated rings. The number of rotatable bonds is 3. The third kappa shape index (κ3) is 3.16.